The van der Waals surface area contributed by atoms with E-state index >= 15 is 0 Å². The molecular formula is C27H24F2N4O3. The molecule has 36 heavy (non-hydrogen) atoms. The Morgan fingerprint density at radius 2 is 1.94 bits per heavy atom. The van der Waals surface area contributed by atoms with E-state index in [-0.39, 0.29) is 29.2 Å². The van der Waals surface area contributed by atoms with Crippen LogP contribution in [0.3, 0.4) is 0 Å². The van der Waals surface area contributed by atoms with Crippen molar-refractivity contribution in [1.29, 1.82) is 0 Å². The molecule has 9 heteroatoms. The van der Waals surface area contributed by atoms with Crippen molar-refractivity contribution >= 4 is 12.1 Å². The Bertz CT molecular complexity index is 1340. The summed E-state index contributed by atoms with van der Waals surface area (Å²) in [6.45, 7) is 1.84. The number of hydrogen-bond acceptors (Lipinski definition) is 5. The third-order valence-corrected chi connectivity index (χ3v) is 5.54. The van der Waals surface area contributed by atoms with Gasteiger partial charge in [0.05, 0.1) is 29.3 Å². The summed E-state index contributed by atoms with van der Waals surface area (Å²) in [5.74, 6) is -2.37. The molecule has 0 saturated heterocycles. The van der Waals surface area contributed by atoms with E-state index in [4.69, 9.17) is 4.74 Å². The lowest BCUT2D eigenvalue weighted by atomic mass is 10.0. The summed E-state index contributed by atoms with van der Waals surface area (Å²) in [6.07, 6.45) is 2.31. The van der Waals surface area contributed by atoms with Crippen LogP contribution in [-0.2, 0) is 4.74 Å². The van der Waals surface area contributed by atoms with Gasteiger partial charge < -0.3 is 9.84 Å². The van der Waals surface area contributed by atoms with E-state index in [1.54, 1.807) is 42.6 Å². The average Bonchev–Trinajstić information content (AvgIpc) is 3.38. The molecular weight excluding hydrogens is 466 g/mol. The number of nitrogens with one attached hydrogen (secondary N) is 1. The molecule has 2 atom stereocenters. The number of benzene rings is 2. The lowest BCUT2D eigenvalue weighted by molar-refractivity contribution is 0.0200. The molecule has 0 aliphatic rings. The van der Waals surface area contributed by atoms with Crippen LogP contribution in [0.2, 0.25) is 0 Å². The van der Waals surface area contributed by atoms with Crippen molar-refractivity contribution in [2.24, 2.45) is 10.9 Å². The predicted molar refractivity (Wildman–Crippen MR) is 131 cm³/mol. The Morgan fingerprint density at radius 3 is 2.64 bits per heavy atom. The molecule has 0 radical (unpaired) electrons. The maximum absolute atomic E-state index is 14.9. The Morgan fingerprint density at radius 1 is 1.14 bits per heavy atom. The summed E-state index contributed by atoms with van der Waals surface area (Å²) < 4.78 is 33.9. The van der Waals surface area contributed by atoms with Crippen LogP contribution in [0.25, 0.3) is 22.5 Å². The second kappa shape index (κ2) is 11.6. The van der Waals surface area contributed by atoms with Gasteiger partial charge in [-0.15, -0.1) is 0 Å². The van der Waals surface area contributed by atoms with E-state index in [2.05, 4.69) is 20.2 Å². The molecule has 2 heterocycles. The minimum atomic E-state index is -0.697. The zero-order valence-corrected chi connectivity index (χ0v) is 19.4. The van der Waals surface area contributed by atoms with Gasteiger partial charge in [0.1, 0.15) is 17.7 Å². The van der Waals surface area contributed by atoms with Gasteiger partial charge in [0.2, 0.25) is 0 Å². The molecule has 7 nitrogen and oxygen atoms in total. The molecule has 0 aliphatic heterocycles. The number of hydrogen-bond donors (Lipinski definition) is 2. The van der Waals surface area contributed by atoms with Gasteiger partial charge in [-0.2, -0.15) is 5.10 Å². The Kier molecular flexibility index (Phi) is 8.04. The van der Waals surface area contributed by atoms with Crippen LogP contribution in [0, 0.1) is 17.6 Å². The highest BCUT2D eigenvalue weighted by Gasteiger charge is 2.24. The molecule has 2 aromatic heterocycles. The van der Waals surface area contributed by atoms with Gasteiger partial charge in [-0.25, -0.2) is 13.8 Å². The van der Waals surface area contributed by atoms with E-state index in [1.165, 1.54) is 36.5 Å². The number of nitrogens with zero attached hydrogens (tertiary/aromatic N) is 3. The number of aromatic nitrogens is 3. The van der Waals surface area contributed by atoms with Gasteiger partial charge >= 0.3 is 0 Å². The van der Waals surface area contributed by atoms with Crippen molar-refractivity contribution < 1.29 is 23.4 Å². The van der Waals surface area contributed by atoms with Crippen molar-refractivity contribution in [3.05, 3.63) is 95.8 Å². The number of pyridine rings is 1. The summed E-state index contributed by atoms with van der Waals surface area (Å²) in [7, 11) is 0. The van der Waals surface area contributed by atoms with Gasteiger partial charge in [0.25, 0.3) is 5.91 Å². The van der Waals surface area contributed by atoms with E-state index in [1.807, 2.05) is 6.92 Å². The Labute approximate surface area is 206 Å². The molecule has 2 aromatic carbocycles. The fourth-order valence-electron chi connectivity index (χ4n) is 3.80. The SMILES string of the molecule is CCOC(c1ccccn1)C(C=NC(=O)c1cccc(F)c1-c1cc(-c2ccc(F)cc2)n[nH]1)CO. The summed E-state index contributed by atoms with van der Waals surface area (Å²) in [4.78, 5) is 21.4. The second-order valence-electron chi connectivity index (χ2n) is 7.90. The monoisotopic (exact) mass is 490 g/mol. The molecule has 1 amide bonds. The number of rotatable bonds is 9. The molecule has 0 saturated carbocycles. The third-order valence-electron chi connectivity index (χ3n) is 5.54. The summed E-state index contributed by atoms with van der Waals surface area (Å²) in [5, 5.41) is 16.9. The van der Waals surface area contributed by atoms with Crippen LogP contribution in [0.5, 0.6) is 0 Å². The summed E-state index contributed by atoms with van der Waals surface area (Å²) in [5.41, 5.74) is 1.98. The number of carbonyl (C=O) groups excluding carboxylic acids is 1. The van der Waals surface area contributed by atoms with Crippen LogP contribution in [0.4, 0.5) is 8.78 Å². The number of aliphatic hydroxyl groups excluding tert-OH is 1. The van der Waals surface area contributed by atoms with Crippen molar-refractivity contribution in [2.45, 2.75) is 13.0 Å². The van der Waals surface area contributed by atoms with Crippen LogP contribution in [0.1, 0.15) is 29.1 Å². The van der Waals surface area contributed by atoms with Crippen LogP contribution < -0.4 is 0 Å². The second-order valence-corrected chi connectivity index (χ2v) is 7.90. The van der Waals surface area contributed by atoms with Crippen LogP contribution in [0.15, 0.2) is 77.9 Å². The smallest absolute Gasteiger partial charge is 0.277 e. The largest absolute Gasteiger partial charge is 0.396 e. The Balaban J connectivity index is 1.63. The van der Waals surface area contributed by atoms with Crippen molar-refractivity contribution in [2.75, 3.05) is 13.2 Å². The van der Waals surface area contributed by atoms with Crippen molar-refractivity contribution in [3.8, 4) is 22.5 Å². The highest BCUT2D eigenvalue weighted by molar-refractivity contribution is 6.04. The van der Waals surface area contributed by atoms with E-state index < -0.39 is 23.7 Å². The Hall–Kier alpha value is -4.08. The summed E-state index contributed by atoms with van der Waals surface area (Å²) >= 11 is 0. The first-order chi connectivity index (χ1) is 17.5. The minimum absolute atomic E-state index is 0.00662. The van der Waals surface area contributed by atoms with Crippen molar-refractivity contribution in [3.63, 3.8) is 0 Å². The quantitative estimate of drug-likeness (QED) is 0.321. The number of halogens is 2. The maximum Gasteiger partial charge on any atom is 0.277 e. The highest BCUT2D eigenvalue weighted by atomic mass is 19.1. The van der Waals surface area contributed by atoms with E-state index in [0.29, 0.717) is 23.6 Å². The first-order valence-electron chi connectivity index (χ1n) is 11.3. The molecule has 0 fully saturated rings. The number of H-pyrrole nitrogens is 1. The molecule has 0 aliphatic carbocycles. The predicted octanol–water partition coefficient (Wildman–Crippen LogP) is 5.01. The van der Waals surface area contributed by atoms with Gasteiger partial charge in [-0.05, 0) is 61.5 Å². The fraction of sp³-hybridized carbons (Fsp3) is 0.185. The normalized spacial score (nSPS) is 13.1. The third kappa shape index (κ3) is 5.59. The van der Waals surface area contributed by atoms with Crippen molar-refractivity contribution in [1.82, 2.24) is 15.2 Å². The number of ether oxygens (including phenoxy) is 1. The highest BCUT2D eigenvalue weighted by Crippen LogP contribution is 2.30. The van der Waals surface area contributed by atoms with E-state index in [0.717, 1.165) is 0 Å². The molecule has 4 rings (SSSR count). The number of aromatic amines is 1. The van der Waals surface area contributed by atoms with Crippen LogP contribution >= 0.6 is 0 Å². The average molecular weight is 491 g/mol. The van der Waals surface area contributed by atoms with Crippen LogP contribution in [-0.4, -0.2) is 45.6 Å². The standard InChI is InChI=1S/C27H24F2N4O3/c1-2-36-26(22-8-3-4-13-30-22)18(16-34)15-31-27(35)20-6-5-7-21(29)25(20)24-14-23(32-33-24)17-9-11-19(28)12-10-17/h3-15,18,26,34H,2,16H2,1H3,(H,32,33). The first kappa shape index (κ1) is 25.0. The number of aliphatic imine (C=N–C) groups is 1. The lowest BCUT2D eigenvalue weighted by Gasteiger charge is -2.22. The van der Waals surface area contributed by atoms with Gasteiger partial charge in [0.15, 0.2) is 0 Å². The molecule has 0 bridgehead atoms. The van der Waals surface area contributed by atoms with Gasteiger partial charge in [-0.1, -0.05) is 12.1 Å². The minimum Gasteiger partial charge on any atom is -0.396 e. The number of amides is 1. The molecule has 2 N–H and O–H groups in total. The zero-order chi connectivity index (χ0) is 25.5. The van der Waals surface area contributed by atoms with E-state index in [9.17, 15) is 18.7 Å². The molecule has 2 unspecified atom stereocenters. The maximum atomic E-state index is 14.9. The van der Waals surface area contributed by atoms with Gasteiger partial charge in [-0.3, -0.25) is 14.9 Å². The van der Waals surface area contributed by atoms with Gasteiger partial charge in [0, 0.05) is 36.1 Å². The molecule has 4 aromatic rings. The summed E-state index contributed by atoms with van der Waals surface area (Å²) in [6, 6.07) is 16.7. The molecule has 184 valence electrons. The fourth-order valence-corrected chi connectivity index (χ4v) is 3.80. The first-order valence-corrected chi connectivity index (χ1v) is 11.3. The number of aliphatic hydroxyl groups is 1. The zero-order valence-electron chi connectivity index (χ0n) is 19.4. The number of carbonyl (C=O) groups is 1. The molecule has 0 spiro atoms. The topological polar surface area (TPSA) is 100 Å². The lowest BCUT2D eigenvalue weighted by Crippen LogP contribution is -2.22.